The van der Waals surface area contributed by atoms with Crippen molar-refractivity contribution in [2.75, 3.05) is 7.05 Å². The quantitative estimate of drug-likeness (QED) is 0.802. The molecule has 0 unspecified atom stereocenters. The molecule has 1 N–H and O–H groups in total. The zero-order valence-electron chi connectivity index (χ0n) is 11.4. The maximum Gasteiger partial charge on any atom is 0.251 e. The van der Waals surface area contributed by atoms with Crippen LogP contribution in [0.3, 0.4) is 0 Å². The molecule has 0 heterocycles. The van der Waals surface area contributed by atoms with Crippen LogP contribution in [0.2, 0.25) is 0 Å². The van der Waals surface area contributed by atoms with Crippen LogP contribution in [0.5, 0.6) is 0 Å². The molecule has 0 radical (unpaired) electrons. The van der Waals surface area contributed by atoms with E-state index in [1.165, 1.54) is 13.5 Å². The fourth-order valence-electron chi connectivity index (χ4n) is 0.941. The van der Waals surface area contributed by atoms with Crippen molar-refractivity contribution in [3.8, 4) is 0 Å². The Bertz CT molecular complexity index is 322. The van der Waals surface area contributed by atoms with Crippen molar-refractivity contribution in [3.05, 3.63) is 35.4 Å². The number of amides is 1. The Morgan fingerprint density at radius 3 is 2.12 bits per heavy atom. The van der Waals surface area contributed by atoms with Gasteiger partial charge in [0.15, 0.2) is 6.29 Å². The Morgan fingerprint density at radius 1 is 1.24 bits per heavy atom. The van der Waals surface area contributed by atoms with Gasteiger partial charge in [0.25, 0.3) is 5.91 Å². The molecule has 0 bridgehead atoms. The number of benzene rings is 1. The Morgan fingerprint density at radius 2 is 1.71 bits per heavy atom. The third kappa shape index (κ3) is 7.28. The lowest BCUT2D eigenvalue weighted by molar-refractivity contribution is 0.0957. The molecule has 0 aliphatic heterocycles. The summed E-state index contributed by atoms with van der Waals surface area (Å²) in [5, 5.41) is 2.46. The summed E-state index contributed by atoms with van der Waals surface area (Å²) < 4.78 is 0. The van der Waals surface area contributed by atoms with E-state index in [0.29, 0.717) is 17.4 Å². The van der Waals surface area contributed by atoms with E-state index in [1.54, 1.807) is 24.3 Å². The molecular weight excluding hydrogens is 214 g/mol. The van der Waals surface area contributed by atoms with Crippen molar-refractivity contribution in [1.82, 2.24) is 5.32 Å². The molecule has 96 valence electrons. The predicted molar refractivity (Wildman–Crippen MR) is 72.5 cm³/mol. The SMILES string of the molecule is CC.CCC.CNC(=O)c1ccccc1C=O. The van der Waals surface area contributed by atoms with Gasteiger partial charge in [-0.1, -0.05) is 52.3 Å². The van der Waals surface area contributed by atoms with E-state index in [0.717, 1.165) is 0 Å². The maximum atomic E-state index is 11.1. The molecule has 1 rings (SSSR count). The number of hydrogen-bond acceptors (Lipinski definition) is 2. The minimum Gasteiger partial charge on any atom is -0.355 e. The Kier molecular flexibility index (Phi) is 13.0. The van der Waals surface area contributed by atoms with Gasteiger partial charge in [-0.2, -0.15) is 0 Å². The van der Waals surface area contributed by atoms with E-state index in [2.05, 4.69) is 19.2 Å². The van der Waals surface area contributed by atoms with Gasteiger partial charge < -0.3 is 5.32 Å². The van der Waals surface area contributed by atoms with Gasteiger partial charge in [0.05, 0.1) is 0 Å². The van der Waals surface area contributed by atoms with Gasteiger partial charge in [0.2, 0.25) is 0 Å². The second kappa shape index (κ2) is 12.4. The lowest BCUT2D eigenvalue weighted by Gasteiger charge is -2.00. The first kappa shape index (κ1) is 17.7. The van der Waals surface area contributed by atoms with Gasteiger partial charge in [0.1, 0.15) is 0 Å². The number of aldehydes is 1. The zero-order valence-corrected chi connectivity index (χ0v) is 11.4. The van der Waals surface area contributed by atoms with E-state index >= 15 is 0 Å². The van der Waals surface area contributed by atoms with Crippen LogP contribution in [0.1, 0.15) is 54.8 Å². The van der Waals surface area contributed by atoms with Crippen molar-refractivity contribution in [3.63, 3.8) is 0 Å². The van der Waals surface area contributed by atoms with Crippen LogP contribution in [-0.2, 0) is 0 Å². The molecule has 0 saturated heterocycles. The third-order valence-electron chi connectivity index (χ3n) is 1.56. The molecule has 0 spiro atoms. The monoisotopic (exact) mass is 237 g/mol. The maximum absolute atomic E-state index is 11.1. The summed E-state index contributed by atoms with van der Waals surface area (Å²) in [5.41, 5.74) is 0.826. The molecule has 0 saturated carbocycles. The summed E-state index contributed by atoms with van der Waals surface area (Å²) in [6.07, 6.45) is 1.92. The molecule has 1 aromatic carbocycles. The van der Waals surface area contributed by atoms with Crippen LogP contribution in [-0.4, -0.2) is 19.2 Å². The highest BCUT2D eigenvalue weighted by molar-refractivity contribution is 6.01. The van der Waals surface area contributed by atoms with E-state index in [4.69, 9.17) is 0 Å². The second-order valence-electron chi connectivity index (χ2n) is 2.99. The molecule has 17 heavy (non-hydrogen) atoms. The van der Waals surface area contributed by atoms with Crippen molar-refractivity contribution in [1.29, 1.82) is 0 Å². The van der Waals surface area contributed by atoms with Crippen LogP contribution < -0.4 is 5.32 Å². The molecule has 0 aliphatic rings. The number of carbonyl (C=O) groups is 2. The average Bonchev–Trinajstić information content (AvgIpc) is 2.41. The van der Waals surface area contributed by atoms with Crippen LogP contribution in [0, 0.1) is 0 Å². The van der Waals surface area contributed by atoms with E-state index in [-0.39, 0.29) is 5.91 Å². The molecule has 0 fully saturated rings. The first-order valence-corrected chi connectivity index (χ1v) is 5.97. The van der Waals surface area contributed by atoms with Crippen LogP contribution in [0.15, 0.2) is 24.3 Å². The fraction of sp³-hybridized carbons (Fsp3) is 0.429. The molecule has 3 heteroatoms. The standard InChI is InChI=1S/C9H9NO2.C3H8.C2H6/c1-10-9(12)8-5-3-2-4-7(8)6-11;1-3-2;1-2/h2-6H,1H3,(H,10,12);3H2,1-2H3;1-2H3. The third-order valence-corrected chi connectivity index (χ3v) is 1.56. The largest absolute Gasteiger partial charge is 0.355 e. The first-order chi connectivity index (χ1) is 8.21. The van der Waals surface area contributed by atoms with Crippen LogP contribution in [0.25, 0.3) is 0 Å². The van der Waals surface area contributed by atoms with Gasteiger partial charge in [-0.15, -0.1) is 0 Å². The normalized spacial score (nSPS) is 7.82. The highest BCUT2D eigenvalue weighted by atomic mass is 16.1. The van der Waals surface area contributed by atoms with E-state index in [1.807, 2.05) is 13.8 Å². The number of carbonyl (C=O) groups excluding carboxylic acids is 2. The minimum atomic E-state index is -0.238. The number of nitrogens with one attached hydrogen (secondary N) is 1. The summed E-state index contributed by atoms with van der Waals surface area (Å²) in [4.78, 5) is 21.6. The van der Waals surface area contributed by atoms with E-state index < -0.39 is 0 Å². The molecule has 1 amide bonds. The predicted octanol–water partition coefficient (Wildman–Crippen LogP) is 3.30. The van der Waals surface area contributed by atoms with E-state index in [9.17, 15) is 9.59 Å². The highest BCUT2D eigenvalue weighted by Gasteiger charge is 2.06. The first-order valence-electron chi connectivity index (χ1n) is 5.97. The highest BCUT2D eigenvalue weighted by Crippen LogP contribution is 2.04. The van der Waals surface area contributed by atoms with Crippen molar-refractivity contribution >= 4 is 12.2 Å². The van der Waals surface area contributed by atoms with Gasteiger partial charge in [0, 0.05) is 18.2 Å². The molecular formula is C14H23NO2. The minimum absolute atomic E-state index is 0.238. The Hall–Kier alpha value is -1.64. The smallest absolute Gasteiger partial charge is 0.251 e. The Labute approximate surface area is 104 Å². The van der Waals surface area contributed by atoms with Gasteiger partial charge in [-0.05, 0) is 6.07 Å². The number of hydrogen-bond donors (Lipinski definition) is 1. The van der Waals surface area contributed by atoms with Gasteiger partial charge in [-0.3, -0.25) is 9.59 Å². The topological polar surface area (TPSA) is 46.2 Å². The second-order valence-corrected chi connectivity index (χ2v) is 2.99. The van der Waals surface area contributed by atoms with Crippen LogP contribution >= 0.6 is 0 Å². The molecule has 0 aromatic heterocycles. The summed E-state index contributed by atoms with van der Waals surface area (Å²) in [6.45, 7) is 8.25. The molecule has 3 nitrogen and oxygen atoms in total. The van der Waals surface area contributed by atoms with Crippen molar-refractivity contribution in [2.45, 2.75) is 34.1 Å². The lowest BCUT2D eigenvalue weighted by Crippen LogP contribution is -2.19. The molecule has 1 aromatic rings. The summed E-state index contributed by atoms with van der Waals surface area (Å²) in [6, 6.07) is 6.66. The van der Waals surface area contributed by atoms with Gasteiger partial charge >= 0.3 is 0 Å². The summed E-state index contributed by atoms with van der Waals surface area (Å²) in [7, 11) is 1.53. The Balaban J connectivity index is 0. The molecule has 0 atom stereocenters. The lowest BCUT2D eigenvalue weighted by atomic mass is 10.1. The number of rotatable bonds is 2. The summed E-state index contributed by atoms with van der Waals surface area (Å²) in [5.74, 6) is -0.238. The molecule has 0 aliphatic carbocycles. The van der Waals surface area contributed by atoms with Gasteiger partial charge in [-0.25, -0.2) is 0 Å². The van der Waals surface area contributed by atoms with Crippen molar-refractivity contribution in [2.24, 2.45) is 0 Å². The summed E-state index contributed by atoms with van der Waals surface area (Å²) >= 11 is 0. The average molecular weight is 237 g/mol. The van der Waals surface area contributed by atoms with Crippen molar-refractivity contribution < 1.29 is 9.59 Å². The van der Waals surface area contributed by atoms with Crippen LogP contribution in [0.4, 0.5) is 0 Å². The fourth-order valence-corrected chi connectivity index (χ4v) is 0.941. The zero-order chi connectivity index (χ0) is 13.7.